The molecular weight excluding hydrogens is 176 g/mol. The predicted octanol–water partition coefficient (Wildman–Crippen LogP) is 2.53. The van der Waals surface area contributed by atoms with Gasteiger partial charge in [0, 0.05) is 5.41 Å². The van der Waals surface area contributed by atoms with Crippen LogP contribution in [0.5, 0.6) is 0 Å². The van der Waals surface area contributed by atoms with Gasteiger partial charge in [0.05, 0.1) is 0 Å². The molecule has 1 saturated carbocycles. The van der Waals surface area contributed by atoms with Crippen LogP contribution < -0.4 is 0 Å². The lowest BCUT2D eigenvalue weighted by Gasteiger charge is -2.34. The van der Waals surface area contributed by atoms with Crippen LogP contribution in [0.1, 0.15) is 40.0 Å². The molecule has 2 nitrogen and oxygen atoms in total. The van der Waals surface area contributed by atoms with Gasteiger partial charge in [0.1, 0.15) is 6.29 Å². The molecule has 0 heterocycles. The van der Waals surface area contributed by atoms with Crippen LogP contribution in [-0.4, -0.2) is 12.1 Å². The predicted molar refractivity (Wildman–Crippen MR) is 56.0 cm³/mol. The average molecular weight is 194 g/mol. The Bertz CT molecular complexity index is 276. The highest BCUT2D eigenvalue weighted by atomic mass is 16.1. The van der Waals surface area contributed by atoms with E-state index in [2.05, 4.69) is 13.8 Å². The zero-order valence-corrected chi connectivity index (χ0v) is 9.17. The number of aldehydes is 1. The summed E-state index contributed by atoms with van der Waals surface area (Å²) in [5.41, 5.74) is -0.431. The largest absolute Gasteiger partial charge is 0.302 e. The standard InChI is InChI=1S/C12H18O2/c1-10(14)5-8-12(9-13)7-4-6-11(12,2)3/h5,8-9H,4,6-7H2,1-3H3/b8-5+. The van der Waals surface area contributed by atoms with E-state index in [1.165, 1.54) is 13.0 Å². The summed E-state index contributed by atoms with van der Waals surface area (Å²) >= 11 is 0. The molecule has 1 unspecified atom stereocenters. The van der Waals surface area contributed by atoms with Gasteiger partial charge in [-0.05, 0) is 31.3 Å². The second-order valence-electron chi connectivity index (χ2n) is 4.84. The number of carbonyl (C=O) groups is 2. The maximum absolute atomic E-state index is 11.2. The molecule has 78 valence electrons. The first-order chi connectivity index (χ1) is 6.43. The maximum Gasteiger partial charge on any atom is 0.152 e. The van der Waals surface area contributed by atoms with Crippen LogP contribution in [0, 0.1) is 10.8 Å². The molecule has 2 heteroatoms. The van der Waals surface area contributed by atoms with Crippen molar-refractivity contribution in [3.05, 3.63) is 12.2 Å². The zero-order chi connectivity index (χ0) is 10.8. The summed E-state index contributed by atoms with van der Waals surface area (Å²) in [5.74, 6) is 0.00826. The van der Waals surface area contributed by atoms with E-state index in [1.54, 1.807) is 6.08 Å². The molecule has 0 aromatic carbocycles. The lowest BCUT2D eigenvalue weighted by atomic mass is 9.69. The molecule has 0 aliphatic heterocycles. The number of rotatable bonds is 3. The summed E-state index contributed by atoms with van der Waals surface area (Å²) in [6.45, 7) is 5.70. The molecule has 0 saturated heterocycles. The quantitative estimate of drug-likeness (QED) is 0.511. The summed E-state index contributed by atoms with van der Waals surface area (Å²) in [5, 5.41) is 0. The fraction of sp³-hybridized carbons (Fsp3) is 0.667. The minimum atomic E-state index is -0.418. The van der Waals surface area contributed by atoms with E-state index in [4.69, 9.17) is 0 Å². The Labute approximate surface area is 85.4 Å². The summed E-state index contributed by atoms with van der Waals surface area (Å²) in [6.07, 6.45) is 7.32. The topological polar surface area (TPSA) is 34.1 Å². The van der Waals surface area contributed by atoms with Crippen molar-refractivity contribution in [1.29, 1.82) is 0 Å². The van der Waals surface area contributed by atoms with Gasteiger partial charge in [-0.3, -0.25) is 4.79 Å². The summed E-state index contributed by atoms with van der Waals surface area (Å²) in [4.78, 5) is 22.1. The van der Waals surface area contributed by atoms with Crippen molar-refractivity contribution in [2.75, 3.05) is 0 Å². The van der Waals surface area contributed by atoms with Gasteiger partial charge in [-0.15, -0.1) is 0 Å². The van der Waals surface area contributed by atoms with Crippen LogP contribution in [0.15, 0.2) is 12.2 Å². The van der Waals surface area contributed by atoms with Gasteiger partial charge in [0.25, 0.3) is 0 Å². The van der Waals surface area contributed by atoms with Gasteiger partial charge in [0.15, 0.2) is 5.78 Å². The second-order valence-corrected chi connectivity index (χ2v) is 4.84. The third-order valence-corrected chi connectivity index (χ3v) is 3.48. The molecule has 1 fully saturated rings. The smallest absolute Gasteiger partial charge is 0.152 e. The maximum atomic E-state index is 11.2. The Kier molecular flexibility index (Phi) is 2.93. The van der Waals surface area contributed by atoms with Crippen LogP contribution in [-0.2, 0) is 9.59 Å². The van der Waals surface area contributed by atoms with Gasteiger partial charge < -0.3 is 4.79 Å². The summed E-state index contributed by atoms with van der Waals surface area (Å²) < 4.78 is 0. The SMILES string of the molecule is CC(=O)/C=C/C1(C=O)CCCC1(C)C. The van der Waals surface area contributed by atoms with E-state index in [-0.39, 0.29) is 11.2 Å². The van der Waals surface area contributed by atoms with Gasteiger partial charge in [-0.2, -0.15) is 0 Å². The van der Waals surface area contributed by atoms with E-state index in [9.17, 15) is 9.59 Å². The van der Waals surface area contributed by atoms with E-state index < -0.39 is 5.41 Å². The average Bonchev–Trinajstić information content (AvgIpc) is 2.38. The molecule has 0 aromatic rings. The van der Waals surface area contributed by atoms with Crippen molar-refractivity contribution in [3.8, 4) is 0 Å². The minimum absolute atomic E-state index is 0.00826. The Balaban J connectivity index is 2.97. The van der Waals surface area contributed by atoms with Crippen molar-refractivity contribution in [3.63, 3.8) is 0 Å². The highest BCUT2D eigenvalue weighted by Gasteiger charge is 2.46. The third kappa shape index (κ3) is 1.79. The zero-order valence-electron chi connectivity index (χ0n) is 9.17. The molecule has 0 amide bonds. The van der Waals surface area contributed by atoms with Crippen molar-refractivity contribution in [2.45, 2.75) is 40.0 Å². The summed E-state index contributed by atoms with van der Waals surface area (Å²) in [7, 11) is 0. The molecule has 1 atom stereocenters. The second kappa shape index (κ2) is 3.68. The number of allylic oxidation sites excluding steroid dienone is 2. The van der Waals surface area contributed by atoms with Gasteiger partial charge in [-0.25, -0.2) is 0 Å². The normalized spacial score (nSPS) is 30.8. The van der Waals surface area contributed by atoms with Gasteiger partial charge in [-0.1, -0.05) is 26.3 Å². The van der Waals surface area contributed by atoms with Crippen molar-refractivity contribution >= 4 is 12.1 Å². The van der Waals surface area contributed by atoms with Crippen molar-refractivity contribution in [1.82, 2.24) is 0 Å². The number of carbonyl (C=O) groups excluding carboxylic acids is 2. The Hall–Kier alpha value is -0.920. The van der Waals surface area contributed by atoms with Gasteiger partial charge >= 0.3 is 0 Å². The molecular formula is C12H18O2. The van der Waals surface area contributed by atoms with Gasteiger partial charge in [0.2, 0.25) is 0 Å². The molecule has 0 spiro atoms. The lowest BCUT2D eigenvalue weighted by Crippen LogP contribution is -2.32. The van der Waals surface area contributed by atoms with Crippen molar-refractivity contribution < 1.29 is 9.59 Å². The van der Waals surface area contributed by atoms with Crippen LogP contribution in [0.25, 0.3) is 0 Å². The van der Waals surface area contributed by atoms with E-state index in [0.29, 0.717) is 0 Å². The first kappa shape index (κ1) is 11.2. The third-order valence-electron chi connectivity index (χ3n) is 3.48. The Morgan fingerprint density at radius 3 is 2.29 bits per heavy atom. The van der Waals surface area contributed by atoms with Crippen molar-refractivity contribution in [2.24, 2.45) is 10.8 Å². The minimum Gasteiger partial charge on any atom is -0.302 e. The molecule has 0 radical (unpaired) electrons. The van der Waals surface area contributed by atoms with E-state index in [1.807, 2.05) is 0 Å². The lowest BCUT2D eigenvalue weighted by molar-refractivity contribution is -0.117. The van der Waals surface area contributed by atoms with E-state index >= 15 is 0 Å². The van der Waals surface area contributed by atoms with Crippen LogP contribution >= 0.6 is 0 Å². The highest BCUT2D eigenvalue weighted by Crippen LogP contribution is 2.52. The molecule has 1 rings (SSSR count). The fourth-order valence-electron chi connectivity index (χ4n) is 2.23. The Morgan fingerprint density at radius 2 is 1.93 bits per heavy atom. The van der Waals surface area contributed by atoms with Crippen LogP contribution in [0.3, 0.4) is 0 Å². The molecule has 0 bridgehead atoms. The first-order valence-electron chi connectivity index (χ1n) is 5.10. The number of hydrogen-bond donors (Lipinski definition) is 0. The van der Waals surface area contributed by atoms with Crippen LogP contribution in [0.2, 0.25) is 0 Å². The molecule has 1 aliphatic carbocycles. The van der Waals surface area contributed by atoms with E-state index in [0.717, 1.165) is 25.5 Å². The van der Waals surface area contributed by atoms with Crippen LogP contribution in [0.4, 0.5) is 0 Å². The number of ketones is 1. The summed E-state index contributed by atoms with van der Waals surface area (Å²) in [6, 6.07) is 0. The molecule has 14 heavy (non-hydrogen) atoms. The molecule has 0 aromatic heterocycles. The molecule has 0 N–H and O–H groups in total. The monoisotopic (exact) mass is 194 g/mol. The number of hydrogen-bond acceptors (Lipinski definition) is 2. The first-order valence-corrected chi connectivity index (χ1v) is 5.10. The highest BCUT2D eigenvalue weighted by molar-refractivity contribution is 5.88. The molecule has 1 aliphatic rings. The Morgan fingerprint density at radius 1 is 1.29 bits per heavy atom. The fourth-order valence-corrected chi connectivity index (χ4v) is 2.23.